The average Bonchev–Trinajstić information content (AvgIpc) is 3.12. The first-order valence-corrected chi connectivity index (χ1v) is 8.94. The third-order valence-corrected chi connectivity index (χ3v) is 5.45. The number of hydrogen-bond acceptors (Lipinski definition) is 4. The zero-order valence-corrected chi connectivity index (χ0v) is 15.7. The van der Waals surface area contributed by atoms with Gasteiger partial charge in [-0.3, -0.25) is 4.90 Å². The van der Waals surface area contributed by atoms with Crippen molar-refractivity contribution in [3.8, 4) is 29.1 Å². The Morgan fingerprint density at radius 3 is 2.72 bits per heavy atom. The van der Waals surface area contributed by atoms with E-state index in [1.54, 1.807) is 7.11 Å². The Kier molecular flexibility index (Phi) is 4.32. The first kappa shape index (κ1) is 16.3. The minimum absolute atomic E-state index is 0.0651. The van der Waals surface area contributed by atoms with Crippen molar-refractivity contribution in [2.24, 2.45) is 0 Å². The summed E-state index contributed by atoms with van der Waals surface area (Å²) in [7, 11) is 3.76. The van der Waals surface area contributed by atoms with Crippen LogP contribution in [0.5, 0.6) is 17.2 Å². The SMILES string of the molecule is COc1c2c(c(Br)c3c1C(C#Cc1ccccc1)N(C)CC3)OCO2. The number of fused-ring (bicyclic) bond motifs is 2. The number of halogens is 1. The lowest BCUT2D eigenvalue weighted by Crippen LogP contribution is -2.32. The molecule has 0 radical (unpaired) electrons. The summed E-state index contributed by atoms with van der Waals surface area (Å²) < 4.78 is 18.0. The van der Waals surface area contributed by atoms with Crippen LogP contribution in [0.3, 0.4) is 0 Å². The number of methoxy groups -OCH3 is 1. The first-order valence-electron chi connectivity index (χ1n) is 8.15. The van der Waals surface area contributed by atoms with Crippen molar-refractivity contribution >= 4 is 15.9 Å². The summed E-state index contributed by atoms with van der Waals surface area (Å²) in [5.74, 6) is 8.83. The lowest BCUT2D eigenvalue weighted by Gasteiger charge is -2.33. The first-order chi connectivity index (χ1) is 12.2. The zero-order valence-electron chi connectivity index (χ0n) is 14.1. The predicted molar refractivity (Wildman–Crippen MR) is 99.2 cm³/mol. The molecule has 0 aromatic heterocycles. The van der Waals surface area contributed by atoms with Crippen molar-refractivity contribution in [2.75, 3.05) is 27.5 Å². The smallest absolute Gasteiger partial charge is 0.231 e. The van der Waals surface area contributed by atoms with Crippen LogP contribution in [0.4, 0.5) is 0 Å². The van der Waals surface area contributed by atoms with E-state index >= 15 is 0 Å². The molecule has 1 atom stereocenters. The molecule has 2 heterocycles. The van der Waals surface area contributed by atoms with Gasteiger partial charge in [-0.1, -0.05) is 30.0 Å². The van der Waals surface area contributed by atoms with E-state index < -0.39 is 0 Å². The molecule has 2 aromatic rings. The number of ether oxygens (including phenoxy) is 3. The Morgan fingerprint density at radius 2 is 1.96 bits per heavy atom. The Bertz CT molecular complexity index is 870. The molecule has 0 amide bonds. The van der Waals surface area contributed by atoms with Crippen LogP contribution in [0.1, 0.15) is 22.7 Å². The van der Waals surface area contributed by atoms with E-state index in [-0.39, 0.29) is 12.8 Å². The molecule has 0 bridgehead atoms. The molecular formula is C20H18BrNO3. The molecule has 128 valence electrons. The maximum absolute atomic E-state index is 5.72. The molecule has 0 N–H and O–H groups in total. The number of benzene rings is 2. The quantitative estimate of drug-likeness (QED) is 0.683. The van der Waals surface area contributed by atoms with Gasteiger partial charge in [0, 0.05) is 17.7 Å². The summed E-state index contributed by atoms with van der Waals surface area (Å²) in [6.07, 6.45) is 0.906. The zero-order chi connectivity index (χ0) is 17.4. The Morgan fingerprint density at radius 1 is 1.20 bits per heavy atom. The fourth-order valence-electron chi connectivity index (χ4n) is 3.35. The number of likely N-dealkylation sites (N-methyl/N-ethyl adjacent to an activating group) is 1. The summed E-state index contributed by atoms with van der Waals surface area (Å²) in [5.41, 5.74) is 3.25. The number of hydrogen-bond donors (Lipinski definition) is 0. The minimum Gasteiger partial charge on any atom is -0.492 e. The summed E-state index contributed by atoms with van der Waals surface area (Å²) >= 11 is 3.70. The molecule has 0 fully saturated rings. The van der Waals surface area contributed by atoms with Gasteiger partial charge in [0.25, 0.3) is 0 Å². The highest BCUT2D eigenvalue weighted by Gasteiger charge is 2.36. The second-order valence-corrected chi connectivity index (χ2v) is 6.87. The van der Waals surface area contributed by atoms with E-state index in [1.807, 2.05) is 30.3 Å². The van der Waals surface area contributed by atoms with Crippen molar-refractivity contribution in [1.82, 2.24) is 4.90 Å². The summed E-state index contributed by atoms with van der Waals surface area (Å²) in [5, 5.41) is 0. The second-order valence-electron chi connectivity index (χ2n) is 6.07. The molecule has 0 saturated carbocycles. The largest absolute Gasteiger partial charge is 0.492 e. The lowest BCUT2D eigenvalue weighted by atomic mass is 9.91. The molecule has 2 aliphatic rings. The third-order valence-electron chi connectivity index (χ3n) is 4.61. The van der Waals surface area contributed by atoms with Crippen LogP contribution in [0, 0.1) is 11.8 Å². The highest BCUT2D eigenvalue weighted by Crippen LogP contribution is 2.53. The van der Waals surface area contributed by atoms with Crippen molar-refractivity contribution in [3.63, 3.8) is 0 Å². The van der Waals surface area contributed by atoms with Crippen molar-refractivity contribution in [3.05, 3.63) is 51.5 Å². The number of rotatable bonds is 1. The van der Waals surface area contributed by atoms with Crippen molar-refractivity contribution in [1.29, 1.82) is 0 Å². The van der Waals surface area contributed by atoms with Crippen LogP contribution in [0.25, 0.3) is 0 Å². The molecule has 4 rings (SSSR count). The summed E-state index contributed by atoms with van der Waals surface area (Å²) in [6.45, 7) is 1.13. The Hall–Kier alpha value is -2.16. The summed E-state index contributed by atoms with van der Waals surface area (Å²) in [4.78, 5) is 2.25. The molecule has 4 nitrogen and oxygen atoms in total. The van der Waals surface area contributed by atoms with Crippen LogP contribution in [0.2, 0.25) is 0 Å². The van der Waals surface area contributed by atoms with Crippen molar-refractivity contribution < 1.29 is 14.2 Å². The van der Waals surface area contributed by atoms with Gasteiger partial charge in [-0.25, -0.2) is 0 Å². The normalized spacial score (nSPS) is 18.3. The predicted octanol–water partition coefficient (Wildman–Crippen LogP) is 3.77. The minimum atomic E-state index is -0.0651. The van der Waals surface area contributed by atoms with Crippen LogP contribution in [0.15, 0.2) is 34.8 Å². The topological polar surface area (TPSA) is 30.9 Å². The van der Waals surface area contributed by atoms with E-state index in [0.29, 0.717) is 5.75 Å². The van der Waals surface area contributed by atoms with Gasteiger partial charge in [0.2, 0.25) is 12.5 Å². The Labute approximate surface area is 155 Å². The molecule has 0 aliphatic carbocycles. The average molecular weight is 400 g/mol. The van der Waals surface area contributed by atoms with E-state index in [2.05, 4.69) is 39.7 Å². The van der Waals surface area contributed by atoms with Crippen LogP contribution in [-0.4, -0.2) is 32.4 Å². The standard InChI is InChI=1S/C20H18BrNO3/c1-22-11-10-14-16(15(22)9-8-13-6-4-3-5-7-13)18(23-2)20-19(17(14)21)24-12-25-20/h3-7,15H,10-12H2,1-2H3. The molecule has 5 heteroatoms. The maximum Gasteiger partial charge on any atom is 0.231 e. The third kappa shape index (κ3) is 2.76. The van der Waals surface area contributed by atoms with Gasteiger partial charge in [0.15, 0.2) is 11.5 Å². The van der Waals surface area contributed by atoms with Gasteiger partial charge in [-0.2, -0.15) is 0 Å². The van der Waals surface area contributed by atoms with Gasteiger partial charge >= 0.3 is 0 Å². The van der Waals surface area contributed by atoms with E-state index in [0.717, 1.165) is 40.1 Å². The number of nitrogens with zero attached hydrogens (tertiary/aromatic N) is 1. The fraction of sp³-hybridized carbons (Fsp3) is 0.300. The van der Waals surface area contributed by atoms with Gasteiger partial charge in [0.05, 0.1) is 11.6 Å². The van der Waals surface area contributed by atoms with Gasteiger partial charge in [-0.05, 0) is 47.1 Å². The highest BCUT2D eigenvalue weighted by molar-refractivity contribution is 9.10. The highest BCUT2D eigenvalue weighted by atomic mass is 79.9. The van der Waals surface area contributed by atoms with Crippen LogP contribution >= 0.6 is 15.9 Å². The molecule has 0 spiro atoms. The molecule has 2 aromatic carbocycles. The monoisotopic (exact) mass is 399 g/mol. The van der Waals surface area contributed by atoms with E-state index in [9.17, 15) is 0 Å². The Balaban J connectivity index is 1.87. The van der Waals surface area contributed by atoms with Crippen LogP contribution < -0.4 is 14.2 Å². The van der Waals surface area contributed by atoms with Crippen molar-refractivity contribution in [2.45, 2.75) is 12.5 Å². The summed E-state index contributed by atoms with van der Waals surface area (Å²) in [6, 6.07) is 9.96. The second kappa shape index (κ2) is 6.62. The maximum atomic E-state index is 5.72. The molecule has 2 aliphatic heterocycles. The molecule has 0 saturated heterocycles. The van der Waals surface area contributed by atoms with E-state index in [4.69, 9.17) is 14.2 Å². The van der Waals surface area contributed by atoms with Crippen LogP contribution in [-0.2, 0) is 6.42 Å². The molecular weight excluding hydrogens is 382 g/mol. The lowest BCUT2D eigenvalue weighted by molar-refractivity contribution is 0.170. The molecule has 1 unspecified atom stereocenters. The van der Waals surface area contributed by atoms with Gasteiger partial charge in [-0.15, -0.1) is 0 Å². The fourth-order valence-corrected chi connectivity index (χ4v) is 4.06. The molecule has 25 heavy (non-hydrogen) atoms. The van der Waals surface area contributed by atoms with Gasteiger partial charge < -0.3 is 14.2 Å². The van der Waals surface area contributed by atoms with Gasteiger partial charge in [0.1, 0.15) is 6.04 Å². The van der Waals surface area contributed by atoms with E-state index in [1.165, 1.54) is 5.56 Å².